The van der Waals surface area contributed by atoms with Crippen molar-refractivity contribution < 1.29 is 19.4 Å². The van der Waals surface area contributed by atoms with Crippen LogP contribution in [0.5, 0.6) is 0 Å². The quantitative estimate of drug-likeness (QED) is 0.777. The summed E-state index contributed by atoms with van der Waals surface area (Å²) in [5, 5.41) is 9.08. The third-order valence-corrected chi connectivity index (χ3v) is 2.88. The molecule has 1 unspecified atom stereocenters. The van der Waals surface area contributed by atoms with Crippen LogP contribution in [0.3, 0.4) is 0 Å². The fourth-order valence-corrected chi connectivity index (χ4v) is 2.00. The van der Waals surface area contributed by atoms with Gasteiger partial charge in [0.1, 0.15) is 6.04 Å². The van der Waals surface area contributed by atoms with E-state index in [2.05, 4.69) is 0 Å². The zero-order valence-electron chi connectivity index (χ0n) is 9.65. The maximum absolute atomic E-state index is 11.8. The van der Waals surface area contributed by atoms with E-state index in [1.807, 2.05) is 0 Å². The molecule has 0 aromatic rings. The van der Waals surface area contributed by atoms with Crippen LogP contribution in [0.4, 0.5) is 0 Å². The third-order valence-electron chi connectivity index (χ3n) is 2.88. The molecule has 1 aliphatic heterocycles. The second-order valence-corrected chi connectivity index (χ2v) is 4.03. The highest BCUT2D eigenvalue weighted by molar-refractivity contribution is 5.83. The standard InChI is InChI=1S/C11H19NO4/c1-16-8-6-10(13)12-7-4-2-3-5-9(12)11(14)15/h9H,2-8H2,1H3,(H,14,15). The Hall–Kier alpha value is -1.10. The summed E-state index contributed by atoms with van der Waals surface area (Å²) in [6.45, 7) is 0.904. The van der Waals surface area contributed by atoms with Crippen molar-refractivity contribution in [1.29, 1.82) is 0 Å². The van der Waals surface area contributed by atoms with Crippen molar-refractivity contribution in [3.63, 3.8) is 0 Å². The first-order valence-corrected chi connectivity index (χ1v) is 5.68. The fourth-order valence-electron chi connectivity index (χ4n) is 2.00. The second-order valence-electron chi connectivity index (χ2n) is 4.03. The van der Waals surface area contributed by atoms with Gasteiger partial charge in [0.05, 0.1) is 13.0 Å². The molecule has 1 rings (SSSR count). The van der Waals surface area contributed by atoms with Crippen molar-refractivity contribution in [2.75, 3.05) is 20.3 Å². The molecular formula is C11H19NO4. The molecule has 1 heterocycles. The minimum atomic E-state index is -0.896. The van der Waals surface area contributed by atoms with Crippen LogP contribution in [0.25, 0.3) is 0 Å². The molecule has 1 amide bonds. The maximum Gasteiger partial charge on any atom is 0.326 e. The summed E-state index contributed by atoms with van der Waals surface area (Å²) in [5.74, 6) is -1.01. The Balaban J connectivity index is 2.63. The molecule has 1 aliphatic rings. The van der Waals surface area contributed by atoms with E-state index in [0.717, 1.165) is 19.3 Å². The number of amides is 1. The fraction of sp³-hybridized carbons (Fsp3) is 0.818. The lowest BCUT2D eigenvalue weighted by atomic mass is 10.1. The number of carbonyl (C=O) groups is 2. The van der Waals surface area contributed by atoms with Gasteiger partial charge in [0, 0.05) is 13.7 Å². The van der Waals surface area contributed by atoms with Crippen molar-refractivity contribution in [3.05, 3.63) is 0 Å². The molecule has 0 aliphatic carbocycles. The highest BCUT2D eigenvalue weighted by atomic mass is 16.5. The number of likely N-dealkylation sites (tertiary alicyclic amines) is 1. The third kappa shape index (κ3) is 3.48. The van der Waals surface area contributed by atoms with Gasteiger partial charge in [0.15, 0.2) is 0 Å². The van der Waals surface area contributed by atoms with E-state index in [9.17, 15) is 9.59 Å². The number of carboxylic acids is 1. The summed E-state index contributed by atoms with van der Waals surface area (Å²) in [7, 11) is 1.53. The first kappa shape index (κ1) is 13.0. The van der Waals surface area contributed by atoms with Gasteiger partial charge in [-0.25, -0.2) is 4.79 Å². The molecule has 0 spiro atoms. The van der Waals surface area contributed by atoms with Crippen LogP contribution >= 0.6 is 0 Å². The van der Waals surface area contributed by atoms with E-state index >= 15 is 0 Å². The van der Waals surface area contributed by atoms with Crippen LogP contribution in [0, 0.1) is 0 Å². The van der Waals surface area contributed by atoms with Gasteiger partial charge in [-0.3, -0.25) is 4.79 Å². The summed E-state index contributed by atoms with van der Waals surface area (Å²) in [6, 6.07) is -0.646. The molecule has 0 aromatic carbocycles. The van der Waals surface area contributed by atoms with Gasteiger partial charge in [-0.2, -0.15) is 0 Å². The van der Waals surface area contributed by atoms with Crippen molar-refractivity contribution in [2.24, 2.45) is 0 Å². The lowest BCUT2D eigenvalue weighted by Crippen LogP contribution is -2.44. The summed E-state index contributed by atoms with van der Waals surface area (Å²) in [6.07, 6.45) is 3.60. The molecule has 1 saturated heterocycles. The molecule has 0 aromatic heterocycles. The Morgan fingerprint density at radius 1 is 1.38 bits per heavy atom. The van der Waals surface area contributed by atoms with E-state index < -0.39 is 12.0 Å². The largest absolute Gasteiger partial charge is 0.480 e. The lowest BCUT2D eigenvalue weighted by Gasteiger charge is -2.26. The molecule has 0 radical (unpaired) electrons. The van der Waals surface area contributed by atoms with Crippen molar-refractivity contribution in [3.8, 4) is 0 Å². The molecular weight excluding hydrogens is 210 g/mol. The van der Waals surface area contributed by atoms with E-state index in [-0.39, 0.29) is 12.3 Å². The van der Waals surface area contributed by atoms with Crippen LogP contribution in [-0.4, -0.2) is 48.2 Å². The second kappa shape index (κ2) is 6.48. The highest BCUT2D eigenvalue weighted by Crippen LogP contribution is 2.17. The molecule has 1 fully saturated rings. The smallest absolute Gasteiger partial charge is 0.326 e. The minimum absolute atomic E-state index is 0.115. The zero-order valence-corrected chi connectivity index (χ0v) is 9.65. The van der Waals surface area contributed by atoms with Crippen LogP contribution in [0.15, 0.2) is 0 Å². The van der Waals surface area contributed by atoms with Gasteiger partial charge in [-0.05, 0) is 12.8 Å². The Bertz CT molecular complexity index is 254. The van der Waals surface area contributed by atoms with Crippen molar-refractivity contribution in [1.82, 2.24) is 4.90 Å². The minimum Gasteiger partial charge on any atom is -0.480 e. The van der Waals surface area contributed by atoms with Crippen LogP contribution in [-0.2, 0) is 14.3 Å². The Labute approximate surface area is 95.4 Å². The molecule has 1 atom stereocenters. The number of nitrogens with zero attached hydrogens (tertiary/aromatic N) is 1. The van der Waals surface area contributed by atoms with Gasteiger partial charge in [0.2, 0.25) is 5.91 Å². The van der Waals surface area contributed by atoms with Crippen LogP contribution in [0.1, 0.15) is 32.1 Å². The van der Waals surface area contributed by atoms with E-state index in [1.54, 1.807) is 0 Å². The molecule has 5 heteroatoms. The molecule has 5 nitrogen and oxygen atoms in total. The Morgan fingerprint density at radius 2 is 2.12 bits per heavy atom. The van der Waals surface area contributed by atoms with Crippen LogP contribution in [0.2, 0.25) is 0 Å². The SMILES string of the molecule is COCCC(=O)N1CCCCCC1C(=O)O. The maximum atomic E-state index is 11.8. The molecule has 1 N–H and O–H groups in total. The summed E-state index contributed by atoms with van der Waals surface area (Å²) in [5.41, 5.74) is 0. The number of hydrogen-bond acceptors (Lipinski definition) is 3. The Morgan fingerprint density at radius 3 is 2.75 bits per heavy atom. The van der Waals surface area contributed by atoms with Crippen molar-refractivity contribution >= 4 is 11.9 Å². The number of methoxy groups -OCH3 is 1. The molecule has 16 heavy (non-hydrogen) atoms. The van der Waals surface area contributed by atoms with Gasteiger partial charge in [0.25, 0.3) is 0 Å². The first-order valence-electron chi connectivity index (χ1n) is 5.68. The zero-order chi connectivity index (χ0) is 12.0. The summed E-state index contributed by atoms with van der Waals surface area (Å²) < 4.78 is 4.84. The number of hydrogen-bond donors (Lipinski definition) is 1. The predicted molar refractivity (Wildman–Crippen MR) is 58.1 cm³/mol. The monoisotopic (exact) mass is 229 g/mol. The van der Waals surface area contributed by atoms with E-state index in [4.69, 9.17) is 9.84 Å². The van der Waals surface area contributed by atoms with Crippen LogP contribution < -0.4 is 0 Å². The Kier molecular flexibility index (Phi) is 5.25. The van der Waals surface area contributed by atoms with Gasteiger partial charge >= 0.3 is 5.97 Å². The number of carboxylic acid groups (broad SMARTS) is 1. The molecule has 92 valence electrons. The molecule has 0 saturated carbocycles. The van der Waals surface area contributed by atoms with E-state index in [1.165, 1.54) is 12.0 Å². The number of ether oxygens (including phenoxy) is 1. The number of aliphatic carboxylic acids is 1. The average molecular weight is 229 g/mol. The summed E-state index contributed by atoms with van der Waals surface area (Å²) >= 11 is 0. The predicted octanol–water partition coefficient (Wildman–Crippen LogP) is 0.879. The normalized spacial score (nSPS) is 21.6. The number of carbonyl (C=O) groups excluding carboxylic acids is 1. The first-order chi connectivity index (χ1) is 7.66. The van der Waals surface area contributed by atoms with Gasteiger partial charge < -0.3 is 14.7 Å². The van der Waals surface area contributed by atoms with Gasteiger partial charge in [-0.1, -0.05) is 12.8 Å². The molecule has 0 bridgehead atoms. The van der Waals surface area contributed by atoms with Crippen molar-refractivity contribution in [2.45, 2.75) is 38.1 Å². The number of rotatable bonds is 4. The lowest BCUT2D eigenvalue weighted by molar-refractivity contribution is -0.150. The highest BCUT2D eigenvalue weighted by Gasteiger charge is 2.30. The van der Waals surface area contributed by atoms with Gasteiger partial charge in [-0.15, -0.1) is 0 Å². The van der Waals surface area contributed by atoms with E-state index in [0.29, 0.717) is 19.6 Å². The topological polar surface area (TPSA) is 66.8 Å². The summed E-state index contributed by atoms with van der Waals surface area (Å²) in [4.78, 5) is 24.4. The average Bonchev–Trinajstić information content (AvgIpc) is 2.50.